The summed E-state index contributed by atoms with van der Waals surface area (Å²) < 4.78 is 0. The summed E-state index contributed by atoms with van der Waals surface area (Å²) in [6, 6.07) is 8.61. The summed E-state index contributed by atoms with van der Waals surface area (Å²) in [5, 5.41) is 3.42. The van der Waals surface area contributed by atoms with Crippen molar-refractivity contribution in [2.24, 2.45) is 0 Å². The Morgan fingerprint density at radius 1 is 1.35 bits per heavy atom. The summed E-state index contributed by atoms with van der Waals surface area (Å²) in [4.78, 5) is 14.4. The van der Waals surface area contributed by atoms with Crippen LogP contribution in [0.25, 0.3) is 0 Å². The average Bonchev–Trinajstić information content (AvgIpc) is 2.73. The summed E-state index contributed by atoms with van der Waals surface area (Å²) in [6.07, 6.45) is 3.15. The lowest BCUT2D eigenvalue weighted by Crippen LogP contribution is -2.38. The van der Waals surface area contributed by atoms with Gasteiger partial charge in [-0.25, -0.2) is 0 Å². The highest BCUT2D eigenvalue weighted by Gasteiger charge is 2.39. The number of hydrogen-bond donors (Lipinski definition) is 1. The molecular formula is C16H24N2OS. The SMILES string of the molecule is CSCCC(C)N1C(=O)C(C)NC1c1ccc(C)cc1. The Morgan fingerprint density at radius 2 is 2.00 bits per heavy atom. The number of benzene rings is 1. The monoisotopic (exact) mass is 292 g/mol. The number of thioether (sulfide) groups is 1. The second-order valence-electron chi connectivity index (χ2n) is 5.58. The van der Waals surface area contributed by atoms with E-state index >= 15 is 0 Å². The van der Waals surface area contributed by atoms with Gasteiger partial charge in [-0.3, -0.25) is 10.1 Å². The largest absolute Gasteiger partial charge is 0.319 e. The van der Waals surface area contributed by atoms with Gasteiger partial charge in [-0.2, -0.15) is 11.8 Å². The molecule has 0 aliphatic carbocycles. The van der Waals surface area contributed by atoms with E-state index in [4.69, 9.17) is 0 Å². The summed E-state index contributed by atoms with van der Waals surface area (Å²) in [6.45, 7) is 6.18. The second-order valence-corrected chi connectivity index (χ2v) is 6.56. The van der Waals surface area contributed by atoms with E-state index in [0.29, 0.717) is 0 Å². The number of nitrogens with one attached hydrogen (secondary N) is 1. The molecule has 0 spiro atoms. The lowest BCUT2D eigenvalue weighted by atomic mass is 10.1. The van der Waals surface area contributed by atoms with Gasteiger partial charge in [0.1, 0.15) is 6.17 Å². The van der Waals surface area contributed by atoms with Crippen LogP contribution in [0.4, 0.5) is 0 Å². The van der Waals surface area contributed by atoms with Gasteiger partial charge >= 0.3 is 0 Å². The third kappa shape index (κ3) is 3.18. The fourth-order valence-corrected chi connectivity index (χ4v) is 3.22. The minimum Gasteiger partial charge on any atom is -0.319 e. The highest BCUT2D eigenvalue weighted by molar-refractivity contribution is 7.98. The third-order valence-electron chi connectivity index (χ3n) is 3.92. The van der Waals surface area contributed by atoms with Crippen LogP contribution in [0.15, 0.2) is 24.3 Å². The zero-order valence-electron chi connectivity index (χ0n) is 12.7. The Balaban J connectivity index is 2.21. The van der Waals surface area contributed by atoms with Gasteiger partial charge in [0, 0.05) is 6.04 Å². The zero-order chi connectivity index (χ0) is 14.7. The van der Waals surface area contributed by atoms with Crippen LogP contribution in [0.5, 0.6) is 0 Å². The van der Waals surface area contributed by atoms with E-state index in [1.807, 2.05) is 23.6 Å². The highest BCUT2D eigenvalue weighted by atomic mass is 32.2. The molecule has 0 bridgehead atoms. The van der Waals surface area contributed by atoms with Crippen LogP contribution < -0.4 is 5.32 Å². The van der Waals surface area contributed by atoms with Crippen molar-refractivity contribution in [3.05, 3.63) is 35.4 Å². The van der Waals surface area contributed by atoms with E-state index in [0.717, 1.165) is 12.2 Å². The highest BCUT2D eigenvalue weighted by Crippen LogP contribution is 2.29. The Kier molecular flexibility index (Phi) is 5.11. The molecule has 0 radical (unpaired) electrons. The van der Waals surface area contributed by atoms with Crippen LogP contribution in [-0.4, -0.2) is 34.9 Å². The molecule has 1 aliphatic rings. The normalized spacial score (nSPS) is 24.2. The van der Waals surface area contributed by atoms with Crippen molar-refractivity contribution < 1.29 is 4.79 Å². The fraction of sp³-hybridized carbons (Fsp3) is 0.562. The van der Waals surface area contributed by atoms with E-state index in [9.17, 15) is 4.79 Å². The molecule has 1 fully saturated rings. The van der Waals surface area contributed by atoms with Gasteiger partial charge in [-0.15, -0.1) is 0 Å². The van der Waals surface area contributed by atoms with Gasteiger partial charge in [-0.05, 0) is 44.8 Å². The standard InChI is InChI=1S/C16H24N2OS/c1-11-5-7-14(8-6-11)15-17-13(3)16(19)18(15)12(2)9-10-20-4/h5-8,12-13,15,17H,9-10H2,1-4H3. The smallest absolute Gasteiger partial charge is 0.241 e. The van der Waals surface area contributed by atoms with Crippen LogP contribution in [-0.2, 0) is 4.79 Å². The van der Waals surface area contributed by atoms with Crippen LogP contribution >= 0.6 is 11.8 Å². The van der Waals surface area contributed by atoms with Crippen molar-refractivity contribution in [2.75, 3.05) is 12.0 Å². The first kappa shape index (κ1) is 15.4. The molecule has 20 heavy (non-hydrogen) atoms. The molecule has 2 rings (SSSR count). The van der Waals surface area contributed by atoms with Crippen molar-refractivity contribution in [3.63, 3.8) is 0 Å². The van der Waals surface area contributed by atoms with Gasteiger partial charge in [0.05, 0.1) is 6.04 Å². The van der Waals surface area contributed by atoms with Crippen LogP contribution in [0, 0.1) is 6.92 Å². The first-order chi connectivity index (χ1) is 9.54. The number of carbonyl (C=O) groups is 1. The summed E-state index contributed by atoms with van der Waals surface area (Å²) in [5.41, 5.74) is 2.41. The molecule has 0 saturated carbocycles. The van der Waals surface area contributed by atoms with Gasteiger partial charge in [-0.1, -0.05) is 29.8 Å². The van der Waals surface area contributed by atoms with Crippen LogP contribution in [0.2, 0.25) is 0 Å². The fourth-order valence-electron chi connectivity index (χ4n) is 2.64. The molecule has 1 N–H and O–H groups in total. The molecule has 1 heterocycles. The average molecular weight is 292 g/mol. The molecular weight excluding hydrogens is 268 g/mol. The Morgan fingerprint density at radius 3 is 2.60 bits per heavy atom. The molecule has 3 nitrogen and oxygen atoms in total. The Labute approximate surface area is 126 Å². The van der Waals surface area contributed by atoms with Crippen molar-refractivity contribution in [2.45, 2.75) is 45.4 Å². The molecule has 1 aromatic carbocycles. The number of aryl methyl sites for hydroxylation is 1. The number of nitrogens with zero attached hydrogens (tertiary/aromatic N) is 1. The summed E-state index contributed by atoms with van der Waals surface area (Å²) >= 11 is 1.83. The molecule has 110 valence electrons. The molecule has 3 unspecified atom stereocenters. The Bertz CT molecular complexity index is 460. The van der Waals surface area contributed by atoms with E-state index in [1.54, 1.807) is 0 Å². The molecule has 0 aromatic heterocycles. The van der Waals surface area contributed by atoms with Gasteiger partial charge in [0.2, 0.25) is 5.91 Å². The first-order valence-electron chi connectivity index (χ1n) is 7.18. The van der Waals surface area contributed by atoms with E-state index < -0.39 is 0 Å². The van der Waals surface area contributed by atoms with Crippen LogP contribution in [0.3, 0.4) is 0 Å². The van der Waals surface area contributed by atoms with Crippen molar-refractivity contribution in [1.29, 1.82) is 0 Å². The maximum Gasteiger partial charge on any atom is 0.241 e. The maximum atomic E-state index is 12.4. The number of carbonyl (C=O) groups excluding carboxylic acids is 1. The van der Waals surface area contributed by atoms with Crippen molar-refractivity contribution in [3.8, 4) is 0 Å². The van der Waals surface area contributed by atoms with Crippen molar-refractivity contribution in [1.82, 2.24) is 10.2 Å². The van der Waals surface area contributed by atoms with Crippen LogP contribution in [0.1, 0.15) is 37.6 Å². The predicted octanol–water partition coefficient (Wildman–Crippen LogP) is 2.96. The first-order valence-corrected chi connectivity index (χ1v) is 8.57. The lowest BCUT2D eigenvalue weighted by molar-refractivity contribution is -0.131. The third-order valence-corrected chi connectivity index (χ3v) is 4.56. The minimum atomic E-state index is -0.0990. The van der Waals surface area contributed by atoms with E-state index in [1.165, 1.54) is 11.1 Å². The van der Waals surface area contributed by atoms with Gasteiger partial charge < -0.3 is 4.90 Å². The molecule has 1 amide bonds. The number of hydrogen-bond acceptors (Lipinski definition) is 3. The number of amides is 1. The topological polar surface area (TPSA) is 32.3 Å². The second kappa shape index (κ2) is 6.64. The van der Waals surface area contributed by atoms with Gasteiger partial charge in [0.15, 0.2) is 0 Å². The molecule has 1 aromatic rings. The lowest BCUT2D eigenvalue weighted by Gasteiger charge is -2.30. The van der Waals surface area contributed by atoms with Gasteiger partial charge in [0.25, 0.3) is 0 Å². The minimum absolute atomic E-state index is 0.00922. The molecule has 3 atom stereocenters. The summed E-state index contributed by atoms with van der Waals surface area (Å²) in [5.74, 6) is 1.30. The zero-order valence-corrected chi connectivity index (χ0v) is 13.5. The summed E-state index contributed by atoms with van der Waals surface area (Å²) in [7, 11) is 0. The molecule has 4 heteroatoms. The predicted molar refractivity (Wildman–Crippen MR) is 85.8 cm³/mol. The van der Waals surface area contributed by atoms with Crippen molar-refractivity contribution >= 4 is 17.7 Å². The Hall–Kier alpha value is -1.00. The maximum absolute atomic E-state index is 12.4. The number of rotatable bonds is 5. The quantitative estimate of drug-likeness (QED) is 0.905. The molecule has 1 aliphatic heterocycles. The molecule has 1 saturated heterocycles. The van der Waals surface area contributed by atoms with E-state index in [-0.39, 0.29) is 24.2 Å². The van der Waals surface area contributed by atoms with E-state index in [2.05, 4.69) is 49.7 Å².